The lowest BCUT2D eigenvalue weighted by molar-refractivity contribution is 0.406. The lowest BCUT2D eigenvalue weighted by Crippen LogP contribution is -2.25. The van der Waals surface area contributed by atoms with Gasteiger partial charge >= 0.3 is 0 Å². The molecule has 3 aliphatic rings. The molecule has 1 aromatic heterocycles. The molecule has 0 amide bonds. The zero-order chi connectivity index (χ0) is 22.1. The molecule has 0 fully saturated rings. The van der Waals surface area contributed by atoms with Gasteiger partial charge in [-0.2, -0.15) is 19.4 Å². The summed E-state index contributed by atoms with van der Waals surface area (Å²) in [6.45, 7) is 9.65. The first-order chi connectivity index (χ1) is 14.9. The zero-order valence-electron chi connectivity index (χ0n) is 18.7. The molecule has 0 unspecified atom stereocenters. The van der Waals surface area contributed by atoms with Crippen molar-refractivity contribution in [3.8, 4) is 17.0 Å². The van der Waals surface area contributed by atoms with E-state index in [0.29, 0.717) is 24.1 Å². The quantitative estimate of drug-likeness (QED) is 0.546. The van der Waals surface area contributed by atoms with Gasteiger partial charge in [0.25, 0.3) is 0 Å². The Labute approximate surface area is 187 Å². The largest absolute Gasteiger partial charge is 0.496 e. The average molecular weight is 440 g/mol. The fraction of sp³-hybridized carbons (Fsp3) is 0.455. The van der Waals surface area contributed by atoms with Gasteiger partial charge in [0.1, 0.15) is 18.0 Å². The number of nitrogens with two attached hydrogens (primary N) is 1. The number of nitrogens with one attached hydrogen (secondary N) is 1. The highest BCUT2D eigenvalue weighted by Crippen LogP contribution is 2.37. The predicted molar refractivity (Wildman–Crippen MR) is 125 cm³/mol. The second kappa shape index (κ2) is 8.84. The summed E-state index contributed by atoms with van der Waals surface area (Å²) in [5, 5.41) is 13.1. The number of aryl methyl sites for hydroxylation is 1. The van der Waals surface area contributed by atoms with Crippen molar-refractivity contribution in [2.24, 2.45) is 10.1 Å². The standard InChI is InChI=1S/C22H29N7OS/c1-12(2)24-7-6-15-8-17-19-16(15)11-31-28-22(23)20(19)27-29(26-17)10-18-14(4)21(30-5)13(3)9-25-18/h8-9,12,24H,6-7,10-11H2,1-5H3,(H2,23,28). The molecule has 0 radical (unpaired) electrons. The third-order valence-electron chi connectivity index (χ3n) is 5.53. The summed E-state index contributed by atoms with van der Waals surface area (Å²) in [6, 6.07) is 2.63. The van der Waals surface area contributed by atoms with E-state index in [2.05, 4.69) is 34.6 Å². The predicted octanol–water partition coefficient (Wildman–Crippen LogP) is 2.86. The van der Waals surface area contributed by atoms with Gasteiger partial charge in [-0.1, -0.05) is 13.8 Å². The van der Waals surface area contributed by atoms with Gasteiger partial charge in [0.15, 0.2) is 5.84 Å². The molecule has 0 aromatic carbocycles. The van der Waals surface area contributed by atoms with Crippen LogP contribution in [0.25, 0.3) is 11.3 Å². The molecule has 0 bridgehead atoms. The van der Waals surface area contributed by atoms with E-state index < -0.39 is 0 Å². The molecule has 0 spiro atoms. The molecule has 3 heterocycles. The SMILES string of the molecule is COc1c(C)cnc(Cn2nc3cc(CCNC(C)C)c4c-3c(n2)C(N)=NSC4)c1C. The second-order valence-corrected chi connectivity index (χ2v) is 8.87. The summed E-state index contributed by atoms with van der Waals surface area (Å²) < 4.78 is 9.99. The number of hydrogen-bond donors (Lipinski definition) is 2. The minimum atomic E-state index is 0.427. The van der Waals surface area contributed by atoms with Gasteiger partial charge in [-0.25, -0.2) is 0 Å². The number of rotatable bonds is 7. The summed E-state index contributed by atoms with van der Waals surface area (Å²) in [7, 11) is 1.68. The van der Waals surface area contributed by atoms with Gasteiger partial charge in [0.05, 0.1) is 18.5 Å². The molecule has 2 aliphatic heterocycles. The smallest absolute Gasteiger partial charge is 0.160 e. The molecule has 9 heteroatoms. The van der Waals surface area contributed by atoms with Gasteiger partial charge in [0, 0.05) is 34.7 Å². The summed E-state index contributed by atoms with van der Waals surface area (Å²) in [5.74, 6) is 2.06. The molecule has 1 aromatic rings. The van der Waals surface area contributed by atoms with E-state index in [0.717, 1.165) is 52.5 Å². The first kappa shape index (κ1) is 21.6. The Hall–Kier alpha value is -2.65. The van der Waals surface area contributed by atoms with Gasteiger partial charge in [-0.05, 0) is 56.0 Å². The van der Waals surface area contributed by atoms with Crippen LogP contribution in [0.5, 0.6) is 5.75 Å². The van der Waals surface area contributed by atoms with E-state index in [1.54, 1.807) is 11.9 Å². The first-order valence-corrected chi connectivity index (χ1v) is 11.4. The van der Waals surface area contributed by atoms with Crippen molar-refractivity contribution in [2.75, 3.05) is 13.7 Å². The first-order valence-electron chi connectivity index (χ1n) is 10.5. The second-order valence-electron chi connectivity index (χ2n) is 8.14. The summed E-state index contributed by atoms with van der Waals surface area (Å²) in [5.41, 5.74) is 14.3. The van der Waals surface area contributed by atoms with Crippen molar-refractivity contribution >= 4 is 17.8 Å². The molecule has 31 heavy (non-hydrogen) atoms. The fourth-order valence-corrected chi connectivity index (χ4v) is 4.75. The Morgan fingerprint density at radius 1 is 1.29 bits per heavy atom. The van der Waals surface area contributed by atoms with E-state index in [4.69, 9.17) is 20.7 Å². The summed E-state index contributed by atoms with van der Waals surface area (Å²) in [4.78, 5) is 6.26. The number of hydrogen-bond acceptors (Lipinski definition) is 8. The highest BCUT2D eigenvalue weighted by Gasteiger charge is 2.27. The van der Waals surface area contributed by atoms with E-state index in [1.807, 2.05) is 20.0 Å². The molecular weight excluding hydrogens is 410 g/mol. The normalized spacial score (nSPS) is 13.5. The molecule has 1 aliphatic carbocycles. The third kappa shape index (κ3) is 4.24. The van der Waals surface area contributed by atoms with Crippen LogP contribution < -0.4 is 15.8 Å². The minimum absolute atomic E-state index is 0.427. The third-order valence-corrected chi connectivity index (χ3v) is 6.28. The van der Waals surface area contributed by atoms with E-state index in [1.165, 1.54) is 23.1 Å². The number of amidine groups is 1. The summed E-state index contributed by atoms with van der Waals surface area (Å²) >= 11 is 1.47. The minimum Gasteiger partial charge on any atom is -0.496 e. The van der Waals surface area contributed by atoms with Crippen LogP contribution in [0.2, 0.25) is 0 Å². The fourth-order valence-electron chi connectivity index (χ4n) is 4.00. The molecule has 0 atom stereocenters. The number of ether oxygens (including phenoxy) is 1. The maximum Gasteiger partial charge on any atom is 0.160 e. The zero-order valence-corrected chi connectivity index (χ0v) is 19.5. The van der Waals surface area contributed by atoms with Gasteiger partial charge < -0.3 is 15.8 Å². The van der Waals surface area contributed by atoms with Crippen molar-refractivity contribution in [3.05, 3.63) is 45.9 Å². The molecule has 4 rings (SSSR count). The van der Waals surface area contributed by atoms with Crippen LogP contribution in [0.1, 0.15) is 47.5 Å². The highest BCUT2D eigenvalue weighted by molar-refractivity contribution is 7.97. The van der Waals surface area contributed by atoms with Crippen molar-refractivity contribution in [1.82, 2.24) is 25.3 Å². The van der Waals surface area contributed by atoms with E-state index in [9.17, 15) is 0 Å². The maximum atomic E-state index is 6.29. The molecule has 8 nitrogen and oxygen atoms in total. The Balaban J connectivity index is 1.75. The molecular formula is C22H29N7OS. The lowest BCUT2D eigenvalue weighted by Gasteiger charge is -2.15. The van der Waals surface area contributed by atoms with Gasteiger partial charge in [-0.15, -0.1) is 0 Å². The van der Waals surface area contributed by atoms with Crippen LogP contribution in [0.4, 0.5) is 0 Å². The van der Waals surface area contributed by atoms with E-state index >= 15 is 0 Å². The van der Waals surface area contributed by atoms with Gasteiger partial charge in [-0.3, -0.25) is 4.98 Å². The van der Waals surface area contributed by atoms with Crippen molar-refractivity contribution in [3.63, 3.8) is 0 Å². The Morgan fingerprint density at radius 3 is 2.84 bits per heavy atom. The van der Waals surface area contributed by atoms with Crippen molar-refractivity contribution < 1.29 is 4.74 Å². The van der Waals surface area contributed by atoms with Crippen LogP contribution in [0.3, 0.4) is 0 Å². The van der Waals surface area contributed by atoms with Crippen LogP contribution in [-0.2, 0) is 18.7 Å². The van der Waals surface area contributed by atoms with Crippen molar-refractivity contribution in [1.29, 1.82) is 0 Å². The Morgan fingerprint density at radius 2 is 2.10 bits per heavy atom. The molecule has 164 valence electrons. The number of methoxy groups -OCH3 is 1. The highest BCUT2D eigenvalue weighted by atomic mass is 32.2. The van der Waals surface area contributed by atoms with Crippen LogP contribution in [-0.4, -0.2) is 45.5 Å². The maximum absolute atomic E-state index is 6.29. The van der Waals surface area contributed by atoms with Crippen LogP contribution in [0, 0.1) is 13.8 Å². The van der Waals surface area contributed by atoms with Crippen molar-refractivity contribution in [2.45, 2.75) is 52.5 Å². The van der Waals surface area contributed by atoms with Crippen LogP contribution >= 0.6 is 11.9 Å². The summed E-state index contributed by atoms with van der Waals surface area (Å²) in [6.07, 6.45) is 2.75. The number of aromatic nitrogens is 4. The Bertz CT molecular complexity index is 1110. The average Bonchev–Trinajstić information content (AvgIpc) is 2.97. The molecule has 0 saturated heterocycles. The van der Waals surface area contributed by atoms with Gasteiger partial charge in [0.2, 0.25) is 0 Å². The number of pyridine rings is 1. The topological polar surface area (TPSA) is 103 Å². The number of nitrogens with zero attached hydrogens (tertiary/aromatic N) is 5. The molecule has 3 N–H and O–H groups in total. The van der Waals surface area contributed by atoms with Crippen LogP contribution in [0.15, 0.2) is 16.7 Å². The molecule has 0 saturated carbocycles. The lowest BCUT2D eigenvalue weighted by atomic mass is 10.1. The Kier molecular flexibility index (Phi) is 6.15. The van der Waals surface area contributed by atoms with E-state index in [-0.39, 0.29) is 0 Å². The monoisotopic (exact) mass is 439 g/mol.